The average molecular weight is 382 g/mol. The van der Waals surface area contributed by atoms with Crippen molar-refractivity contribution in [3.05, 3.63) is 51.8 Å². The SMILES string of the molecule is CCNC(=NCCCc1cnn(C)c1)NC(C)c1ccc(Cl)cc1Cl. The van der Waals surface area contributed by atoms with Gasteiger partial charge in [-0.2, -0.15) is 5.10 Å². The molecule has 0 aliphatic rings. The summed E-state index contributed by atoms with van der Waals surface area (Å²) in [4.78, 5) is 4.65. The molecule has 0 spiro atoms. The van der Waals surface area contributed by atoms with Crippen LogP contribution in [0.5, 0.6) is 0 Å². The van der Waals surface area contributed by atoms with Gasteiger partial charge in [-0.3, -0.25) is 9.67 Å². The quantitative estimate of drug-likeness (QED) is 0.433. The van der Waals surface area contributed by atoms with Crippen molar-refractivity contribution in [1.29, 1.82) is 0 Å². The van der Waals surface area contributed by atoms with Crippen LogP contribution in [0.25, 0.3) is 0 Å². The number of aromatic nitrogens is 2. The Labute approximate surface area is 159 Å². The molecule has 0 bridgehead atoms. The summed E-state index contributed by atoms with van der Waals surface area (Å²) in [5, 5.41) is 12.1. The molecular weight excluding hydrogens is 357 g/mol. The maximum atomic E-state index is 6.29. The van der Waals surface area contributed by atoms with Crippen LogP contribution in [0.3, 0.4) is 0 Å². The standard InChI is InChI=1S/C18H25Cl2N5/c1-4-21-18(22-9-5-6-14-11-23-25(3)12-14)24-13(2)16-8-7-15(19)10-17(16)20/h7-8,10-13H,4-6,9H2,1-3H3,(H2,21,22,24). The van der Waals surface area contributed by atoms with Gasteiger partial charge >= 0.3 is 0 Å². The van der Waals surface area contributed by atoms with Gasteiger partial charge in [0.05, 0.1) is 12.2 Å². The van der Waals surface area contributed by atoms with Crippen LogP contribution in [0.1, 0.15) is 37.4 Å². The summed E-state index contributed by atoms with van der Waals surface area (Å²) >= 11 is 12.3. The Morgan fingerprint density at radius 2 is 2.16 bits per heavy atom. The second-order valence-corrected chi connectivity index (χ2v) is 6.76. The second-order valence-electron chi connectivity index (χ2n) is 5.92. The van der Waals surface area contributed by atoms with Crippen LogP contribution in [0.4, 0.5) is 0 Å². The highest BCUT2D eigenvalue weighted by Gasteiger charge is 2.11. The van der Waals surface area contributed by atoms with Gasteiger partial charge in [-0.05, 0) is 49.9 Å². The smallest absolute Gasteiger partial charge is 0.191 e. The van der Waals surface area contributed by atoms with Gasteiger partial charge in [-0.25, -0.2) is 0 Å². The molecule has 5 nitrogen and oxygen atoms in total. The summed E-state index contributed by atoms with van der Waals surface area (Å²) in [6, 6.07) is 5.57. The van der Waals surface area contributed by atoms with E-state index in [1.165, 1.54) is 5.56 Å². The maximum absolute atomic E-state index is 6.29. The molecule has 0 aliphatic carbocycles. The first-order chi connectivity index (χ1) is 12.0. The van der Waals surface area contributed by atoms with Gasteiger partial charge in [0.2, 0.25) is 0 Å². The first kappa shape index (κ1) is 19.6. The molecule has 1 unspecified atom stereocenters. The van der Waals surface area contributed by atoms with Gasteiger partial charge in [0.1, 0.15) is 0 Å². The summed E-state index contributed by atoms with van der Waals surface area (Å²) < 4.78 is 1.82. The van der Waals surface area contributed by atoms with Crippen molar-refractivity contribution < 1.29 is 0 Å². The number of hydrogen-bond donors (Lipinski definition) is 2. The van der Waals surface area contributed by atoms with E-state index in [4.69, 9.17) is 23.2 Å². The Bertz CT molecular complexity index is 711. The summed E-state index contributed by atoms with van der Waals surface area (Å²) in [5.41, 5.74) is 2.23. The molecular formula is C18H25Cl2N5. The third kappa shape index (κ3) is 6.25. The maximum Gasteiger partial charge on any atom is 0.191 e. The van der Waals surface area contributed by atoms with Crippen LogP contribution >= 0.6 is 23.2 Å². The minimum Gasteiger partial charge on any atom is -0.357 e. The van der Waals surface area contributed by atoms with Crippen molar-refractivity contribution in [3.8, 4) is 0 Å². The third-order valence-electron chi connectivity index (χ3n) is 3.78. The molecule has 1 aromatic carbocycles. The Hall–Kier alpha value is -1.72. The van der Waals surface area contributed by atoms with Gasteiger partial charge in [0.25, 0.3) is 0 Å². The summed E-state index contributed by atoms with van der Waals surface area (Å²) in [6.07, 6.45) is 5.88. The van der Waals surface area contributed by atoms with E-state index in [2.05, 4.69) is 27.6 Å². The van der Waals surface area contributed by atoms with E-state index in [1.54, 1.807) is 6.07 Å². The number of halogens is 2. The van der Waals surface area contributed by atoms with E-state index in [-0.39, 0.29) is 6.04 Å². The lowest BCUT2D eigenvalue weighted by Crippen LogP contribution is -2.38. The van der Waals surface area contributed by atoms with Crippen molar-refractivity contribution in [3.63, 3.8) is 0 Å². The van der Waals surface area contributed by atoms with Crippen molar-refractivity contribution in [2.75, 3.05) is 13.1 Å². The molecule has 1 aromatic heterocycles. The van der Waals surface area contributed by atoms with E-state index < -0.39 is 0 Å². The fourth-order valence-electron chi connectivity index (χ4n) is 2.53. The molecule has 136 valence electrons. The first-order valence-corrected chi connectivity index (χ1v) is 9.22. The minimum atomic E-state index is 0.0286. The summed E-state index contributed by atoms with van der Waals surface area (Å²) in [6.45, 7) is 5.64. The average Bonchev–Trinajstić information content (AvgIpc) is 2.97. The number of hydrogen-bond acceptors (Lipinski definition) is 2. The Balaban J connectivity index is 1.91. The Kier molecular flexibility index (Phi) is 7.59. The molecule has 1 heterocycles. The number of nitrogens with one attached hydrogen (secondary N) is 2. The van der Waals surface area contributed by atoms with E-state index in [1.807, 2.05) is 43.2 Å². The highest BCUT2D eigenvalue weighted by molar-refractivity contribution is 6.35. The zero-order valence-corrected chi connectivity index (χ0v) is 16.4. The van der Waals surface area contributed by atoms with Crippen LogP contribution in [-0.4, -0.2) is 28.8 Å². The van der Waals surface area contributed by atoms with Crippen LogP contribution in [-0.2, 0) is 13.5 Å². The molecule has 0 amide bonds. The lowest BCUT2D eigenvalue weighted by molar-refractivity contribution is 0.683. The molecule has 7 heteroatoms. The molecule has 2 aromatic rings. The van der Waals surface area contributed by atoms with Gasteiger partial charge in [0.15, 0.2) is 5.96 Å². The number of nitrogens with zero attached hydrogens (tertiary/aromatic N) is 3. The molecule has 2 rings (SSSR count). The fourth-order valence-corrected chi connectivity index (χ4v) is 3.10. The van der Waals surface area contributed by atoms with Crippen LogP contribution in [0.2, 0.25) is 10.0 Å². The number of rotatable bonds is 7. The lowest BCUT2D eigenvalue weighted by Gasteiger charge is -2.19. The van der Waals surface area contributed by atoms with E-state index in [0.717, 1.165) is 37.5 Å². The van der Waals surface area contributed by atoms with E-state index in [0.29, 0.717) is 10.0 Å². The summed E-state index contributed by atoms with van der Waals surface area (Å²) in [7, 11) is 1.93. The molecule has 25 heavy (non-hydrogen) atoms. The minimum absolute atomic E-state index is 0.0286. The number of aryl methyl sites for hydroxylation is 2. The number of aliphatic imine (C=N–C) groups is 1. The van der Waals surface area contributed by atoms with Crippen LogP contribution in [0.15, 0.2) is 35.6 Å². The fraction of sp³-hybridized carbons (Fsp3) is 0.444. The molecule has 0 fully saturated rings. The van der Waals surface area contributed by atoms with Gasteiger partial charge in [0, 0.05) is 36.4 Å². The van der Waals surface area contributed by atoms with E-state index >= 15 is 0 Å². The predicted octanol–water partition coefficient (Wildman–Crippen LogP) is 3.98. The van der Waals surface area contributed by atoms with Gasteiger partial charge < -0.3 is 10.6 Å². The van der Waals surface area contributed by atoms with Crippen molar-refractivity contribution in [1.82, 2.24) is 20.4 Å². The lowest BCUT2D eigenvalue weighted by atomic mass is 10.1. The monoisotopic (exact) mass is 381 g/mol. The molecule has 0 saturated carbocycles. The molecule has 0 aliphatic heterocycles. The molecule has 2 N–H and O–H groups in total. The summed E-state index contributed by atoms with van der Waals surface area (Å²) in [5.74, 6) is 0.784. The number of benzene rings is 1. The van der Waals surface area contributed by atoms with Crippen molar-refractivity contribution in [2.24, 2.45) is 12.0 Å². The van der Waals surface area contributed by atoms with Gasteiger partial charge in [-0.15, -0.1) is 0 Å². The zero-order chi connectivity index (χ0) is 18.2. The Morgan fingerprint density at radius 1 is 1.36 bits per heavy atom. The molecule has 0 saturated heterocycles. The van der Waals surface area contributed by atoms with Crippen LogP contribution < -0.4 is 10.6 Å². The van der Waals surface area contributed by atoms with Crippen molar-refractivity contribution in [2.45, 2.75) is 32.7 Å². The predicted molar refractivity (Wildman–Crippen MR) is 106 cm³/mol. The highest BCUT2D eigenvalue weighted by Crippen LogP contribution is 2.25. The topological polar surface area (TPSA) is 54.2 Å². The first-order valence-electron chi connectivity index (χ1n) is 8.47. The zero-order valence-electron chi connectivity index (χ0n) is 14.9. The highest BCUT2D eigenvalue weighted by atomic mass is 35.5. The number of guanidine groups is 1. The van der Waals surface area contributed by atoms with E-state index in [9.17, 15) is 0 Å². The second kappa shape index (κ2) is 9.68. The Morgan fingerprint density at radius 3 is 2.80 bits per heavy atom. The van der Waals surface area contributed by atoms with Crippen molar-refractivity contribution >= 4 is 29.2 Å². The molecule has 0 radical (unpaired) electrons. The largest absolute Gasteiger partial charge is 0.357 e. The third-order valence-corrected chi connectivity index (χ3v) is 4.34. The molecule has 1 atom stereocenters. The normalized spacial score (nSPS) is 12.9. The van der Waals surface area contributed by atoms with Gasteiger partial charge in [-0.1, -0.05) is 29.3 Å². The van der Waals surface area contributed by atoms with Crippen LogP contribution in [0, 0.1) is 0 Å².